The highest BCUT2D eigenvalue weighted by atomic mass is 79.9. The molecular weight excluding hydrogens is 344 g/mol. The second-order valence-corrected chi connectivity index (χ2v) is 6.10. The van der Waals surface area contributed by atoms with Crippen molar-refractivity contribution < 1.29 is 4.79 Å². The minimum absolute atomic E-state index is 0. The molecule has 1 aromatic rings. The third-order valence-electron chi connectivity index (χ3n) is 3.59. The summed E-state index contributed by atoms with van der Waals surface area (Å²) in [6, 6.07) is 0.281. The van der Waals surface area contributed by atoms with Gasteiger partial charge in [0.2, 0.25) is 0 Å². The average Bonchev–Trinajstić information content (AvgIpc) is 2.95. The summed E-state index contributed by atoms with van der Waals surface area (Å²) in [5, 5.41) is 10.3. The van der Waals surface area contributed by atoms with Crippen LogP contribution in [-0.4, -0.2) is 47.2 Å². The number of halogens is 2. The summed E-state index contributed by atoms with van der Waals surface area (Å²) in [6.07, 6.45) is 2.13. The van der Waals surface area contributed by atoms with E-state index in [4.69, 9.17) is 0 Å². The fourth-order valence-electron chi connectivity index (χ4n) is 2.55. The number of aromatic amines is 1. The van der Waals surface area contributed by atoms with Crippen LogP contribution in [0.3, 0.4) is 0 Å². The predicted octanol–water partition coefficient (Wildman–Crippen LogP) is 2.54. The molecule has 1 unspecified atom stereocenters. The van der Waals surface area contributed by atoms with Gasteiger partial charge in [-0.15, -0.1) is 12.4 Å². The van der Waals surface area contributed by atoms with E-state index in [-0.39, 0.29) is 24.4 Å². The van der Waals surface area contributed by atoms with Gasteiger partial charge < -0.3 is 10.2 Å². The zero-order chi connectivity index (χ0) is 14.0. The minimum atomic E-state index is 0. The van der Waals surface area contributed by atoms with E-state index in [9.17, 15) is 4.79 Å². The predicted molar refractivity (Wildman–Crippen MR) is 85.6 cm³/mol. The number of carbonyl (C=O) groups excluding carboxylic acids is 1. The van der Waals surface area contributed by atoms with Crippen molar-refractivity contribution in [2.45, 2.75) is 38.6 Å². The summed E-state index contributed by atoms with van der Waals surface area (Å²) < 4.78 is 0.808. The summed E-state index contributed by atoms with van der Waals surface area (Å²) in [6.45, 7) is 5.81. The quantitative estimate of drug-likeness (QED) is 0.862. The van der Waals surface area contributed by atoms with Crippen LogP contribution in [0.25, 0.3) is 0 Å². The molecule has 2 N–H and O–H groups in total. The summed E-state index contributed by atoms with van der Waals surface area (Å²) in [4.78, 5) is 14.5. The molecule has 5 nitrogen and oxygen atoms in total. The summed E-state index contributed by atoms with van der Waals surface area (Å²) in [5.41, 5.74) is 1.49. The van der Waals surface area contributed by atoms with Gasteiger partial charge in [-0.1, -0.05) is 13.8 Å². The Morgan fingerprint density at radius 1 is 1.60 bits per heavy atom. The highest BCUT2D eigenvalue weighted by Crippen LogP contribution is 2.28. The molecule has 1 amide bonds. The average molecular weight is 366 g/mol. The Bertz CT molecular complexity index is 463. The lowest BCUT2D eigenvalue weighted by molar-refractivity contribution is 0.0730. The molecule has 20 heavy (non-hydrogen) atoms. The first-order valence-electron chi connectivity index (χ1n) is 6.75. The summed E-state index contributed by atoms with van der Waals surface area (Å²) in [5.74, 6) is 0.336. The third-order valence-corrected chi connectivity index (χ3v) is 4.39. The molecule has 2 rings (SSSR count). The summed E-state index contributed by atoms with van der Waals surface area (Å²) in [7, 11) is 1.92. The molecular formula is C13H22BrClN4O. The molecule has 7 heteroatoms. The van der Waals surface area contributed by atoms with Crippen molar-refractivity contribution in [3.8, 4) is 0 Å². The molecule has 1 aliphatic heterocycles. The van der Waals surface area contributed by atoms with Gasteiger partial charge in [0.1, 0.15) is 0 Å². The number of hydrogen-bond acceptors (Lipinski definition) is 3. The zero-order valence-corrected chi connectivity index (χ0v) is 14.5. The van der Waals surface area contributed by atoms with Crippen LogP contribution < -0.4 is 5.32 Å². The van der Waals surface area contributed by atoms with Crippen LogP contribution in [0.1, 0.15) is 48.8 Å². The van der Waals surface area contributed by atoms with Crippen LogP contribution in [0.15, 0.2) is 4.47 Å². The van der Waals surface area contributed by atoms with E-state index >= 15 is 0 Å². The third kappa shape index (κ3) is 3.35. The van der Waals surface area contributed by atoms with E-state index in [0.29, 0.717) is 11.6 Å². The van der Waals surface area contributed by atoms with E-state index in [1.165, 1.54) is 0 Å². The second kappa shape index (κ2) is 7.43. The molecule has 2 heterocycles. The van der Waals surface area contributed by atoms with Crippen LogP contribution in [0.4, 0.5) is 0 Å². The number of rotatable bonds is 4. The van der Waals surface area contributed by atoms with Crippen molar-refractivity contribution in [3.05, 3.63) is 15.9 Å². The van der Waals surface area contributed by atoms with Crippen molar-refractivity contribution in [2.24, 2.45) is 0 Å². The molecule has 1 fully saturated rings. The number of amides is 1. The van der Waals surface area contributed by atoms with E-state index in [0.717, 1.165) is 36.1 Å². The Balaban J connectivity index is 0.00000200. The first-order chi connectivity index (χ1) is 9.06. The van der Waals surface area contributed by atoms with Crippen LogP contribution >= 0.6 is 28.3 Å². The Hall–Kier alpha value is -0.590. The van der Waals surface area contributed by atoms with Gasteiger partial charge in [0.15, 0.2) is 5.69 Å². The second-order valence-electron chi connectivity index (χ2n) is 5.31. The van der Waals surface area contributed by atoms with Gasteiger partial charge in [-0.05, 0) is 41.7 Å². The highest BCUT2D eigenvalue weighted by Gasteiger charge is 2.32. The Morgan fingerprint density at radius 2 is 2.30 bits per heavy atom. The SMILES string of the molecule is CNCC1CCCN1C(=O)c1n[nH]c(C(C)C)c1Br.Cl. The molecule has 1 saturated heterocycles. The van der Waals surface area contributed by atoms with Crippen LogP contribution in [0.5, 0.6) is 0 Å². The Morgan fingerprint density at radius 3 is 2.85 bits per heavy atom. The topological polar surface area (TPSA) is 61.0 Å². The molecule has 0 saturated carbocycles. The van der Waals surface area contributed by atoms with E-state index in [2.05, 4.69) is 45.3 Å². The van der Waals surface area contributed by atoms with Crippen molar-refractivity contribution in [2.75, 3.05) is 20.1 Å². The fraction of sp³-hybridized carbons (Fsp3) is 0.692. The molecule has 0 radical (unpaired) electrons. The molecule has 1 aliphatic rings. The maximum Gasteiger partial charge on any atom is 0.275 e. The van der Waals surface area contributed by atoms with E-state index in [1.54, 1.807) is 0 Å². The first kappa shape index (κ1) is 17.5. The number of carbonyl (C=O) groups is 1. The van der Waals surface area contributed by atoms with Crippen molar-refractivity contribution in [1.29, 1.82) is 0 Å². The molecule has 1 aromatic heterocycles. The normalized spacial score (nSPS) is 18.4. The Kier molecular flexibility index (Phi) is 6.48. The van der Waals surface area contributed by atoms with Crippen LogP contribution in [0, 0.1) is 0 Å². The van der Waals surface area contributed by atoms with E-state index in [1.807, 2.05) is 11.9 Å². The number of nitrogens with zero attached hydrogens (tertiary/aromatic N) is 2. The smallest absolute Gasteiger partial charge is 0.275 e. The Labute approximate surface area is 134 Å². The van der Waals surface area contributed by atoms with Crippen LogP contribution in [-0.2, 0) is 0 Å². The number of likely N-dealkylation sites (tertiary alicyclic amines) is 1. The fourth-order valence-corrected chi connectivity index (χ4v) is 3.36. The van der Waals surface area contributed by atoms with Crippen molar-refractivity contribution in [1.82, 2.24) is 20.4 Å². The molecule has 0 aliphatic carbocycles. The van der Waals surface area contributed by atoms with Gasteiger partial charge in [0.25, 0.3) is 5.91 Å². The number of aromatic nitrogens is 2. The molecule has 0 spiro atoms. The molecule has 114 valence electrons. The maximum atomic E-state index is 12.6. The van der Waals surface area contributed by atoms with Gasteiger partial charge in [-0.3, -0.25) is 9.89 Å². The molecule has 1 atom stereocenters. The van der Waals surface area contributed by atoms with Gasteiger partial charge >= 0.3 is 0 Å². The lowest BCUT2D eigenvalue weighted by atomic mass is 10.1. The summed E-state index contributed by atoms with van der Waals surface area (Å²) >= 11 is 3.50. The zero-order valence-electron chi connectivity index (χ0n) is 12.1. The van der Waals surface area contributed by atoms with Gasteiger partial charge in [0, 0.05) is 19.1 Å². The molecule has 0 bridgehead atoms. The number of likely N-dealkylation sites (N-methyl/N-ethyl adjacent to an activating group) is 1. The monoisotopic (exact) mass is 364 g/mol. The standard InChI is InChI=1S/C13H21BrN4O.ClH/c1-8(2)11-10(14)12(17-16-11)13(19)18-6-4-5-9(18)7-15-3;/h8-9,15H,4-7H2,1-3H3,(H,16,17);1H. The number of nitrogens with one attached hydrogen (secondary N) is 2. The van der Waals surface area contributed by atoms with Crippen molar-refractivity contribution >= 4 is 34.2 Å². The van der Waals surface area contributed by atoms with Crippen LogP contribution in [0.2, 0.25) is 0 Å². The lowest BCUT2D eigenvalue weighted by Gasteiger charge is -2.23. The van der Waals surface area contributed by atoms with E-state index < -0.39 is 0 Å². The largest absolute Gasteiger partial charge is 0.333 e. The highest BCUT2D eigenvalue weighted by molar-refractivity contribution is 9.10. The van der Waals surface area contributed by atoms with Gasteiger partial charge in [-0.25, -0.2) is 0 Å². The van der Waals surface area contributed by atoms with Gasteiger partial charge in [-0.2, -0.15) is 5.10 Å². The first-order valence-corrected chi connectivity index (χ1v) is 7.54. The lowest BCUT2D eigenvalue weighted by Crippen LogP contribution is -2.41. The number of H-pyrrole nitrogens is 1. The maximum absolute atomic E-state index is 12.6. The van der Waals surface area contributed by atoms with Crippen molar-refractivity contribution in [3.63, 3.8) is 0 Å². The minimum Gasteiger partial charge on any atom is -0.333 e. The molecule has 0 aromatic carbocycles. The number of hydrogen-bond donors (Lipinski definition) is 2. The van der Waals surface area contributed by atoms with Gasteiger partial charge in [0.05, 0.1) is 10.2 Å².